The van der Waals surface area contributed by atoms with Gasteiger partial charge in [-0.25, -0.2) is 14.8 Å². The molecule has 4 N–H and O–H groups in total. The number of likely N-dealkylation sites (N-methyl/N-ethyl adjacent to an activating group) is 1. The second-order valence-electron chi connectivity index (χ2n) is 15.1. The van der Waals surface area contributed by atoms with Crippen LogP contribution in [0.2, 0.25) is 0 Å². The van der Waals surface area contributed by atoms with Crippen molar-refractivity contribution in [3.63, 3.8) is 0 Å². The zero-order valence-corrected chi connectivity index (χ0v) is 33.4. The number of primary amides is 1. The molecule has 0 aliphatic carbocycles. The Morgan fingerprint density at radius 3 is 1.76 bits per heavy atom. The number of H-pyrrole nitrogens is 2. The second-order valence-corrected chi connectivity index (χ2v) is 15.1. The average Bonchev–Trinajstić information content (AvgIpc) is 4.12. The van der Waals surface area contributed by atoms with Crippen LogP contribution in [0.25, 0.3) is 33.6 Å². The maximum Gasteiger partial charge on any atom is 0.405 e. The van der Waals surface area contributed by atoms with Gasteiger partial charge in [0.2, 0.25) is 12.0 Å². The fourth-order valence-corrected chi connectivity index (χ4v) is 8.58. The van der Waals surface area contributed by atoms with Crippen molar-refractivity contribution in [1.29, 1.82) is 0 Å². The Morgan fingerprint density at radius 2 is 1.27 bits per heavy atom. The van der Waals surface area contributed by atoms with Gasteiger partial charge < -0.3 is 30.2 Å². The van der Waals surface area contributed by atoms with E-state index in [1.54, 1.807) is 34.2 Å². The highest BCUT2D eigenvalue weighted by Gasteiger charge is 2.39. The number of rotatable bonds is 14. The molecule has 304 valence electrons. The second kappa shape index (κ2) is 17.5. The molecular weight excluding hydrogens is 745 g/mol. The minimum Gasteiger partial charge on any atom is -0.434 e. The number of ether oxygens (including phenoxy) is 1. The van der Waals surface area contributed by atoms with Gasteiger partial charge in [0.1, 0.15) is 17.7 Å². The number of likely N-dealkylation sites (tertiary alicyclic amines) is 2. The first-order chi connectivity index (χ1) is 28.8. The van der Waals surface area contributed by atoms with Gasteiger partial charge in [-0.15, -0.1) is 0 Å². The van der Waals surface area contributed by atoms with Crippen LogP contribution >= 0.6 is 0 Å². The van der Waals surface area contributed by atoms with Crippen molar-refractivity contribution < 1.29 is 19.1 Å². The number of imidazole rings is 2. The third-order valence-electron chi connectivity index (χ3n) is 11.6. The summed E-state index contributed by atoms with van der Waals surface area (Å²) in [7, 11) is 0. The van der Waals surface area contributed by atoms with Gasteiger partial charge in [-0.05, 0) is 72.7 Å². The van der Waals surface area contributed by atoms with Gasteiger partial charge in [-0.3, -0.25) is 19.2 Å². The van der Waals surface area contributed by atoms with Crippen LogP contribution in [-0.4, -0.2) is 94.6 Å². The van der Waals surface area contributed by atoms with Crippen LogP contribution in [-0.2, 0) is 20.9 Å². The van der Waals surface area contributed by atoms with Crippen LogP contribution in [0.4, 0.5) is 4.79 Å². The van der Waals surface area contributed by atoms with Crippen LogP contribution in [0.1, 0.15) is 74.9 Å². The highest BCUT2D eigenvalue weighted by Crippen LogP contribution is 2.37. The van der Waals surface area contributed by atoms with E-state index < -0.39 is 12.2 Å². The molecule has 5 heterocycles. The van der Waals surface area contributed by atoms with Crippen molar-refractivity contribution in [2.24, 2.45) is 5.73 Å². The first-order valence-corrected chi connectivity index (χ1v) is 20.5. The molecule has 0 bridgehead atoms. The summed E-state index contributed by atoms with van der Waals surface area (Å²) in [6.07, 6.45) is 8.16. The molecule has 3 aromatic heterocycles. The Hall–Kier alpha value is -6.54. The number of carbonyl (C=O) groups is 3. The zero-order valence-electron chi connectivity index (χ0n) is 33.4. The topological polar surface area (TPSA) is 171 Å². The summed E-state index contributed by atoms with van der Waals surface area (Å²) in [5.74, 6) is 1.28. The quantitative estimate of drug-likeness (QED) is 0.107. The standard InChI is InChI=1S/C45H50N10O4/c1-3-52(4-2)40(34-11-6-5-7-12-34)44(57)55-26-9-14-38(55)42-48-28-36(51-42)33-21-17-31(18-22-33)30-15-19-32(20-16-30)35-27-47-41(50-35)37-13-8-25-54(37)43(56)39(59-45(46)58)29-53-24-10-23-49-53/h5-7,10-12,15-24,27-28,37-40H,3-4,8-9,13-14,25-26,29H2,1-2H3,(H2,46,58)(H,47,50)(H,48,51)/t37-,38-,39-,40+/m0/s1. The first-order valence-electron chi connectivity index (χ1n) is 20.5. The molecule has 2 fully saturated rings. The molecule has 4 atom stereocenters. The molecule has 6 aromatic rings. The van der Waals surface area contributed by atoms with Gasteiger partial charge in [0.25, 0.3) is 5.91 Å². The number of carbonyl (C=O) groups excluding carboxylic acids is 3. The number of hydrogen-bond acceptors (Lipinski definition) is 8. The molecule has 2 aliphatic rings. The predicted octanol–water partition coefficient (Wildman–Crippen LogP) is 6.90. The van der Waals surface area contributed by atoms with Crippen LogP contribution in [0, 0.1) is 0 Å². The van der Waals surface area contributed by atoms with E-state index in [2.05, 4.69) is 99.5 Å². The molecule has 8 rings (SSSR count). The Kier molecular flexibility index (Phi) is 11.7. The van der Waals surface area contributed by atoms with E-state index in [-0.39, 0.29) is 36.5 Å². The normalized spacial score (nSPS) is 17.7. The molecule has 59 heavy (non-hydrogen) atoms. The van der Waals surface area contributed by atoms with E-state index >= 15 is 0 Å². The number of hydrogen-bond donors (Lipinski definition) is 3. The smallest absolute Gasteiger partial charge is 0.405 e. The number of nitrogens with zero attached hydrogens (tertiary/aromatic N) is 7. The number of aromatic nitrogens is 6. The number of nitrogens with one attached hydrogen (secondary N) is 2. The van der Waals surface area contributed by atoms with Gasteiger partial charge in [0, 0.05) is 25.5 Å². The molecule has 0 saturated carbocycles. The monoisotopic (exact) mass is 794 g/mol. The van der Waals surface area contributed by atoms with Crippen molar-refractivity contribution in [2.45, 2.75) is 70.3 Å². The predicted molar refractivity (Wildman–Crippen MR) is 223 cm³/mol. The Labute approximate surface area is 343 Å². The van der Waals surface area contributed by atoms with Crippen LogP contribution in [0.3, 0.4) is 0 Å². The molecule has 14 heteroatoms. The maximum atomic E-state index is 14.2. The van der Waals surface area contributed by atoms with Crippen LogP contribution < -0.4 is 5.73 Å². The molecule has 0 unspecified atom stereocenters. The zero-order chi connectivity index (χ0) is 40.9. The van der Waals surface area contributed by atoms with Gasteiger partial charge in [0.05, 0.1) is 42.4 Å². The van der Waals surface area contributed by atoms with E-state index in [1.165, 1.54) is 0 Å². The molecule has 3 aromatic carbocycles. The molecule has 14 nitrogen and oxygen atoms in total. The number of benzene rings is 3. The SMILES string of the molecule is CCN(CC)[C@@H](C(=O)N1CCC[C@H]1c1ncc(-c2ccc(-c3ccc(-c4cnc([C@@H]5CCCN5C(=O)[C@H](Cn5cccn5)OC(N)=O)[nH]4)cc3)cc2)[nH]1)c1ccccc1. The van der Waals surface area contributed by atoms with Gasteiger partial charge in [-0.1, -0.05) is 92.7 Å². The molecule has 0 radical (unpaired) electrons. The van der Waals surface area contributed by atoms with E-state index in [9.17, 15) is 14.4 Å². The third kappa shape index (κ3) is 8.39. The summed E-state index contributed by atoms with van der Waals surface area (Å²) in [6.45, 7) is 7.08. The Balaban J connectivity index is 0.924. The third-order valence-corrected chi connectivity index (χ3v) is 11.6. The lowest BCUT2D eigenvalue weighted by Crippen LogP contribution is -2.44. The highest BCUT2D eigenvalue weighted by molar-refractivity contribution is 5.85. The molecule has 2 aliphatic heterocycles. The molecule has 3 amide bonds. The van der Waals surface area contributed by atoms with Crippen LogP contribution in [0.15, 0.2) is 110 Å². The maximum absolute atomic E-state index is 14.2. The lowest BCUT2D eigenvalue weighted by atomic mass is 10.0. The summed E-state index contributed by atoms with van der Waals surface area (Å²) in [5, 5.41) is 4.15. The van der Waals surface area contributed by atoms with Crippen molar-refractivity contribution in [3.05, 3.63) is 127 Å². The number of amides is 3. The number of nitrogens with two attached hydrogens (primary N) is 1. The number of aromatic amines is 2. The molecule has 0 spiro atoms. The fourth-order valence-electron chi connectivity index (χ4n) is 8.58. The van der Waals surface area contributed by atoms with Crippen LogP contribution in [0.5, 0.6) is 0 Å². The van der Waals surface area contributed by atoms with E-state index in [4.69, 9.17) is 15.5 Å². The summed E-state index contributed by atoms with van der Waals surface area (Å²) in [4.78, 5) is 61.9. The molecular formula is C45H50N10O4. The minimum atomic E-state index is -1.10. The van der Waals surface area contributed by atoms with E-state index in [0.29, 0.717) is 18.9 Å². The summed E-state index contributed by atoms with van der Waals surface area (Å²) in [6, 6.07) is 27.8. The highest BCUT2D eigenvalue weighted by atomic mass is 16.6. The van der Waals surface area contributed by atoms with Gasteiger partial charge in [-0.2, -0.15) is 5.10 Å². The fraction of sp³-hybridized carbons (Fsp3) is 0.333. The van der Waals surface area contributed by atoms with Gasteiger partial charge in [0.15, 0.2) is 0 Å². The van der Waals surface area contributed by atoms with Crippen molar-refractivity contribution in [1.82, 2.24) is 44.4 Å². The lowest BCUT2D eigenvalue weighted by Gasteiger charge is -2.34. The summed E-state index contributed by atoms with van der Waals surface area (Å²) in [5.41, 5.74) is 12.2. The van der Waals surface area contributed by atoms with Gasteiger partial charge >= 0.3 is 6.09 Å². The van der Waals surface area contributed by atoms with E-state index in [0.717, 1.165) is 83.8 Å². The Morgan fingerprint density at radius 1 is 0.746 bits per heavy atom. The average molecular weight is 795 g/mol. The summed E-state index contributed by atoms with van der Waals surface area (Å²) < 4.78 is 6.77. The lowest BCUT2D eigenvalue weighted by molar-refractivity contribution is -0.142. The largest absolute Gasteiger partial charge is 0.434 e. The Bertz CT molecular complexity index is 2340. The molecule has 2 saturated heterocycles. The first kappa shape index (κ1) is 39.3. The minimum absolute atomic E-state index is 0.0664. The van der Waals surface area contributed by atoms with Crippen molar-refractivity contribution >= 4 is 17.9 Å². The van der Waals surface area contributed by atoms with Crippen molar-refractivity contribution in [2.75, 3.05) is 26.2 Å². The van der Waals surface area contributed by atoms with E-state index in [1.807, 2.05) is 29.3 Å². The van der Waals surface area contributed by atoms with Crippen molar-refractivity contribution in [3.8, 4) is 33.6 Å². The summed E-state index contributed by atoms with van der Waals surface area (Å²) >= 11 is 0.